The van der Waals surface area contributed by atoms with Crippen LogP contribution < -0.4 is 10.1 Å². The van der Waals surface area contributed by atoms with Crippen LogP contribution in [0.2, 0.25) is 0 Å². The molecule has 17 heavy (non-hydrogen) atoms. The fraction of sp³-hybridized carbons (Fsp3) is 0.250. The van der Waals surface area contributed by atoms with Crippen LogP contribution in [0.5, 0.6) is 5.75 Å². The van der Waals surface area contributed by atoms with Crippen molar-refractivity contribution in [2.45, 2.75) is 6.54 Å². The van der Waals surface area contributed by atoms with Gasteiger partial charge in [0.1, 0.15) is 11.4 Å². The van der Waals surface area contributed by atoms with Gasteiger partial charge in [-0.15, -0.1) is 0 Å². The molecule has 0 spiro atoms. The first-order valence-electron chi connectivity index (χ1n) is 5.28. The molecule has 90 valence electrons. The van der Waals surface area contributed by atoms with Gasteiger partial charge in [-0.3, -0.25) is 5.10 Å². The van der Waals surface area contributed by atoms with Crippen LogP contribution in [0.1, 0.15) is 5.69 Å². The lowest BCUT2D eigenvalue weighted by Crippen LogP contribution is -2.05. The molecule has 1 aromatic heterocycles. The molecule has 0 unspecified atom stereocenters. The number of nitrogens with zero attached hydrogens (tertiary/aromatic N) is 1. The third-order valence-electron chi connectivity index (χ3n) is 2.47. The van der Waals surface area contributed by atoms with Crippen LogP contribution in [0.25, 0.3) is 11.3 Å². The molecule has 0 fully saturated rings. The van der Waals surface area contributed by atoms with Crippen molar-refractivity contribution in [1.82, 2.24) is 15.5 Å². The summed E-state index contributed by atoms with van der Waals surface area (Å²) in [6.45, 7) is 0.748. The van der Waals surface area contributed by atoms with Crippen molar-refractivity contribution < 1.29 is 4.74 Å². The molecule has 2 N–H and O–H groups in total. The number of aromatic amines is 1. The Morgan fingerprint density at radius 3 is 3.00 bits per heavy atom. The zero-order valence-corrected chi connectivity index (χ0v) is 11.3. The lowest BCUT2D eigenvalue weighted by Gasteiger charge is -2.02. The summed E-state index contributed by atoms with van der Waals surface area (Å²) in [6, 6.07) is 7.84. The Morgan fingerprint density at radius 1 is 1.47 bits per heavy atom. The van der Waals surface area contributed by atoms with Crippen LogP contribution in [0.3, 0.4) is 0 Å². The molecule has 0 atom stereocenters. The molecule has 4 nitrogen and oxygen atoms in total. The minimum absolute atomic E-state index is 0.748. The number of nitrogens with one attached hydrogen (secondary N) is 2. The van der Waals surface area contributed by atoms with Crippen molar-refractivity contribution in [2.75, 3.05) is 14.2 Å². The Balaban J connectivity index is 2.38. The maximum Gasteiger partial charge on any atom is 0.119 e. The number of benzene rings is 1. The maximum absolute atomic E-state index is 5.20. The number of ether oxygens (including phenoxy) is 1. The average Bonchev–Trinajstić information content (AvgIpc) is 2.72. The average molecular weight is 296 g/mol. The number of methoxy groups -OCH3 is 1. The summed E-state index contributed by atoms with van der Waals surface area (Å²) >= 11 is 3.56. The summed E-state index contributed by atoms with van der Waals surface area (Å²) in [6.07, 6.45) is 0. The molecule has 0 saturated carbocycles. The topological polar surface area (TPSA) is 49.9 Å². The van der Waals surface area contributed by atoms with Crippen molar-refractivity contribution in [2.24, 2.45) is 0 Å². The molecular weight excluding hydrogens is 282 g/mol. The second-order valence-electron chi connectivity index (χ2n) is 3.63. The van der Waals surface area contributed by atoms with Gasteiger partial charge >= 0.3 is 0 Å². The van der Waals surface area contributed by atoms with Gasteiger partial charge in [-0.1, -0.05) is 12.1 Å². The number of halogens is 1. The zero-order chi connectivity index (χ0) is 12.3. The van der Waals surface area contributed by atoms with Gasteiger partial charge in [-0.05, 0) is 35.1 Å². The predicted octanol–water partition coefficient (Wildman–Crippen LogP) is 2.57. The van der Waals surface area contributed by atoms with Gasteiger partial charge in [-0.2, -0.15) is 5.10 Å². The first kappa shape index (κ1) is 12.1. The SMILES string of the molecule is CNCc1[nH]nc(-c2cccc(OC)c2)c1Br. The molecule has 2 rings (SSSR count). The molecule has 0 radical (unpaired) electrons. The highest BCUT2D eigenvalue weighted by Crippen LogP contribution is 2.30. The number of rotatable bonds is 4. The van der Waals surface area contributed by atoms with Gasteiger partial charge in [0.05, 0.1) is 17.3 Å². The zero-order valence-electron chi connectivity index (χ0n) is 9.75. The fourth-order valence-electron chi connectivity index (χ4n) is 1.62. The van der Waals surface area contributed by atoms with Gasteiger partial charge in [0.25, 0.3) is 0 Å². The summed E-state index contributed by atoms with van der Waals surface area (Å²) in [5, 5.41) is 10.4. The molecule has 5 heteroatoms. The molecule has 0 aliphatic carbocycles. The summed E-state index contributed by atoms with van der Waals surface area (Å²) in [5.41, 5.74) is 2.95. The van der Waals surface area contributed by atoms with E-state index >= 15 is 0 Å². The van der Waals surface area contributed by atoms with E-state index in [1.807, 2.05) is 31.3 Å². The highest BCUT2D eigenvalue weighted by Gasteiger charge is 2.12. The second kappa shape index (κ2) is 5.33. The summed E-state index contributed by atoms with van der Waals surface area (Å²) in [7, 11) is 3.56. The normalized spacial score (nSPS) is 10.5. The van der Waals surface area contributed by atoms with Gasteiger partial charge in [0, 0.05) is 12.1 Å². The summed E-state index contributed by atoms with van der Waals surface area (Å²) in [5.74, 6) is 0.826. The Kier molecular flexibility index (Phi) is 3.81. The quantitative estimate of drug-likeness (QED) is 0.911. The minimum atomic E-state index is 0.748. The lowest BCUT2D eigenvalue weighted by atomic mass is 10.1. The highest BCUT2D eigenvalue weighted by atomic mass is 79.9. The molecule has 0 aliphatic rings. The Morgan fingerprint density at radius 2 is 2.29 bits per heavy atom. The Bertz CT molecular complexity index is 510. The van der Waals surface area contributed by atoms with Gasteiger partial charge in [0.15, 0.2) is 0 Å². The predicted molar refractivity (Wildman–Crippen MR) is 71.0 cm³/mol. The molecule has 0 aliphatic heterocycles. The molecular formula is C12H14BrN3O. The number of hydrogen-bond donors (Lipinski definition) is 2. The van der Waals surface area contributed by atoms with Crippen LogP contribution in [-0.4, -0.2) is 24.4 Å². The third-order valence-corrected chi connectivity index (χ3v) is 3.33. The van der Waals surface area contributed by atoms with E-state index in [1.165, 1.54) is 0 Å². The van der Waals surface area contributed by atoms with E-state index in [2.05, 4.69) is 31.4 Å². The molecule has 0 saturated heterocycles. The third kappa shape index (κ3) is 2.50. The van der Waals surface area contributed by atoms with Crippen molar-refractivity contribution >= 4 is 15.9 Å². The second-order valence-corrected chi connectivity index (χ2v) is 4.42. The van der Waals surface area contributed by atoms with Gasteiger partial charge in [-0.25, -0.2) is 0 Å². The van der Waals surface area contributed by atoms with Crippen LogP contribution in [0.4, 0.5) is 0 Å². The molecule has 2 aromatic rings. The summed E-state index contributed by atoms with van der Waals surface area (Å²) < 4.78 is 6.19. The van der Waals surface area contributed by atoms with Crippen LogP contribution in [-0.2, 0) is 6.54 Å². The molecule has 1 aromatic carbocycles. The molecule has 0 bridgehead atoms. The van der Waals surface area contributed by atoms with E-state index in [0.717, 1.165) is 33.7 Å². The van der Waals surface area contributed by atoms with E-state index < -0.39 is 0 Å². The van der Waals surface area contributed by atoms with E-state index in [9.17, 15) is 0 Å². The first-order chi connectivity index (χ1) is 8.26. The Hall–Kier alpha value is -1.33. The largest absolute Gasteiger partial charge is 0.497 e. The van der Waals surface area contributed by atoms with E-state index in [1.54, 1.807) is 7.11 Å². The smallest absolute Gasteiger partial charge is 0.119 e. The van der Waals surface area contributed by atoms with Crippen LogP contribution in [0, 0.1) is 0 Å². The van der Waals surface area contributed by atoms with Crippen molar-refractivity contribution in [3.8, 4) is 17.0 Å². The summed E-state index contributed by atoms with van der Waals surface area (Å²) in [4.78, 5) is 0. The first-order valence-corrected chi connectivity index (χ1v) is 6.07. The van der Waals surface area contributed by atoms with Gasteiger partial charge in [0.2, 0.25) is 0 Å². The van der Waals surface area contributed by atoms with Crippen molar-refractivity contribution in [3.05, 3.63) is 34.4 Å². The lowest BCUT2D eigenvalue weighted by molar-refractivity contribution is 0.415. The minimum Gasteiger partial charge on any atom is -0.497 e. The molecule has 0 amide bonds. The van der Waals surface area contributed by atoms with E-state index in [0.29, 0.717) is 0 Å². The van der Waals surface area contributed by atoms with E-state index in [4.69, 9.17) is 4.74 Å². The fourth-order valence-corrected chi connectivity index (χ4v) is 2.17. The Labute approximate surface area is 109 Å². The van der Waals surface area contributed by atoms with Crippen LogP contribution >= 0.6 is 15.9 Å². The van der Waals surface area contributed by atoms with Crippen molar-refractivity contribution in [1.29, 1.82) is 0 Å². The van der Waals surface area contributed by atoms with Crippen LogP contribution in [0.15, 0.2) is 28.7 Å². The number of aromatic nitrogens is 2. The van der Waals surface area contributed by atoms with Crippen molar-refractivity contribution in [3.63, 3.8) is 0 Å². The van der Waals surface area contributed by atoms with Gasteiger partial charge < -0.3 is 10.1 Å². The monoisotopic (exact) mass is 295 g/mol. The van der Waals surface area contributed by atoms with E-state index in [-0.39, 0.29) is 0 Å². The highest BCUT2D eigenvalue weighted by molar-refractivity contribution is 9.10. The number of H-pyrrole nitrogens is 1. The standard InChI is InChI=1S/C12H14BrN3O/c1-14-7-10-11(13)12(16-15-10)8-4-3-5-9(6-8)17-2/h3-6,14H,7H2,1-2H3,(H,15,16). The molecule has 1 heterocycles. The maximum atomic E-state index is 5.20. The number of hydrogen-bond acceptors (Lipinski definition) is 3.